The van der Waals surface area contributed by atoms with Gasteiger partial charge in [0.15, 0.2) is 0 Å². The zero-order chi connectivity index (χ0) is 19.0. The molecule has 0 spiro atoms. The number of carbonyl (C=O) groups excluding carboxylic acids is 2. The number of benzene rings is 2. The number of fused-ring (bicyclic) bond motifs is 1. The summed E-state index contributed by atoms with van der Waals surface area (Å²) in [4.78, 5) is 27.9. The highest BCUT2D eigenvalue weighted by Gasteiger charge is 2.34. The van der Waals surface area contributed by atoms with Crippen LogP contribution in [0.5, 0.6) is 0 Å². The van der Waals surface area contributed by atoms with Crippen LogP contribution in [0.15, 0.2) is 36.4 Å². The van der Waals surface area contributed by atoms with Gasteiger partial charge in [-0.2, -0.15) is 0 Å². The molecule has 0 saturated carbocycles. The van der Waals surface area contributed by atoms with Crippen molar-refractivity contribution in [2.75, 3.05) is 19.1 Å². The van der Waals surface area contributed by atoms with Crippen molar-refractivity contribution in [1.82, 2.24) is 4.90 Å². The maximum absolute atomic E-state index is 14.3. The van der Waals surface area contributed by atoms with Crippen LogP contribution in [0.1, 0.15) is 40.0 Å². The minimum atomic E-state index is -0.478. The van der Waals surface area contributed by atoms with Crippen LogP contribution in [0.4, 0.5) is 14.9 Å². The number of hydrogen-bond donors (Lipinski definition) is 0. The van der Waals surface area contributed by atoms with E-state index < -0.39 is 5.97 Å². The van der Waals surface area contributed by atoms with E-state index in [2.05, 4.69) is 0 Å². The third-order valence-electron chi connectivity index (χ3n) is 4.98. The van der Waals surface area contributed by atoms with Crippen LogP contribution in [-0.2, 0) is 11.3 Å². The van der Waals surface area contributed by atoms with Crippen LogP contribution < -0.4 is 4.90 Å². The number of hydrogen-bond acceptors (Lipinski definition) is 3. The number of nitrogens with zero attached hydrogens (tertiary/aromatic N) is 2. The van der Waals surface area contributed by atoms with Crippen LogP contribution in [0.2, 0.25) is 0 Å². The van der Waals surface area contributed by atoms with Gasteiger partial charge in [0.25, 0.3) is 0 Å². The maximum Gasteiger partial charge on any atom is 0.337 e. The molecule has 0 fully saturated rings. The molecule has 5 nitrogen and oxygen atoms in total. The van der Waals surface area contributed by atoms with Gasteiger partial charge in [-0.25, -0.2) is 14.0 Å². The number of rotatable bonds is 3. The number of amides is 2. The molecule has 2 aromatic carbocycles. The number of anilines is 1. The number of urea groups is 1. The molecule has 2 amide bonds. The Labute approximate surface area is 152 Å². The van der Waals surface area contributed by atoms with Crippen LogP contribution in [0.3, 0.4) is 0 Å². The summed E-state index contributed by atoms with van der Waals surface area (Å²) in [6, 6.07) is 9.58. The second-order valence-electron chi connectivity index (χ2n) is 6.46. The average molecular weight is 356 g/mol. The number of carbonyl (C=O) groups is 2. The summed E-state index contributed by atoms with van der Waals surface area (Å²) in [5.74, 6) is -0.835. The Morgan fingerprint density at radius 1 is 1.27 bits per heavy atom. The van der Waals surface area contributed by atoms with Gasteiger partial charge in [0.05, 0.1) is 30.9 Å². The van der Waals surface area contributed by atoms with E-state index in [0.717, 1.165) is 11.1 Å². The lowest BCUT2D eigenvalue weighted by molar-refractivity contribution is 0.0600. The Hall–Kier alpha value is -2.89. The van der Waals surface area contributed by atoms with Gasteiger partial charge in [0, 0.05) is 12.6 Å². The fourth-order valence-electron chi connectivity index (χ4n) is 3.22. The number of methoxy groups -OCH3 is 1. The van der Waals surface area contributed by atoms with E-state index in [9.17, 15) is 14.0 Å². The van der Waals surface area contributed by atoms with E-state index in [1.165, 1.54) is 18.1 Å². The standard InChI is InChI=1S/C20H21FN2O3/c1-12-6-5-7-17(21)16(12)11-23-18-10-14(19(24)26-4)8-9-15(18)13(2)22(3)20(23)25/h5-10,13H,11H2,1-4H3. The van der Waals surface area contributed by atoms with E-state index in [1.807, 2.05) is 26.0 Å². The summed E-state index contributed by atoms with van der Waals surface area (Å²) < 4.78 is 19.1. The Bertz CT molecular complexity index is 861. The monoisotopic (exact) mass is 356 g/mol. The molecule has 0 bridgehead atoms. The van der Waals surface area contributed by atoms with E-state index >= 15 is 0 Å². The predicted molar refractivity (Wildman–Crippen MR) is 96.7 cm³/mol. The van der Waals surface area contributed by atoms with Gasteiger partial charge in [-0.15, -0.1) is 0 Å². The smallest absolute Gasteiger partial charge is 0.337 e. The van der Waals surface area contributed by atoms with E-state index in [0.29, 0.717) is 16.8 Å². The Kier molecular flexibility index (Phi) is 4.68. The molecule has 1 aliphatic rings. The van der Waals surface area contributed by atoms with Crippen molar-refractivity contribution in [1.29, 1.82) is 0 Å². The normalized spacial score (nSPS) is 16.5. The summed E-state index contributed by atoms with van der Waals surface area (Å²) in [6.45, 7) is 3.82. The van der Waals surface area contributed by atoms with Gasteiger partial charge in [-0.1, -0.05) is 18.2 Å². The SMILES string of the molecule is COC(=O)c1ccc2c(c1)N(Cc1c(C)cccc1F)C(=O)N(C)C2C. The van der Waals surface area contributed by atoms with E-state index in [1.54, 1.807) is 30.1 Å². The van der Waals surface area contributed by atoms with Crippen LogP contribution in [0, 0.1) is 12.7 Å². The summed E-state index contributed by atoms with van der Waals surface area (Å²) in [7, 11) is 3.02. The van der Waals surface area contributed by atoms with E-state index in [-0.39, 0.29) is 24.4 Å². The fourth-order valence-corrected chi connectivity index (χ4v) is 3.22. The van der Waals surface area contributed by atoms with Crippen molar-refractivity contribution in [2.45, 2.75) is 26.4 Å². The molecule has 6 heteroatoms. The minimum Gasteiger partial charge on any atom is -0.465 e. The molecular formula is C20H21FN2O3. The molecule has 0 aromatic heterocycles. The Morgan fingerprint density at radius 3 is 2.65 bits per heavy atom. The molecule has 0 N–H and O–H groups in total. The number of ether oxygens (including phenoxy) is 1. The molecule has 1 unspecified atom stereocenters. The lowest BCUT2D eigenvalue weighted by Gasteiger charge is -2.40. The Balaban J connectivity index is 2.11. The van der Waals surface area contributed by atoms with Gasteiger partial charge >= 0.3 is 12.0 Å². The summed E-state index contributed by atoms with van der Waals surface area (Å²) in [5, 5.41) is 0. The highest BCUT2D eigenvalue weighted by molar-refractivity contribution is 5.98. The molecule has 2 aromatic rings. The first-order valence-corrected chi connectivity index (χ1v) is 8.35. The third-order valence-corrected chi connectivity index (χ3v) is 4.98. The summed E-state index contributed by atoms with van der Waals surface area (Å²) >= 11 is 0. The third kappa shape index (κ3) is 2.92. The predicted octanol–water partition coefficient (Wildman–Crippen LogP) is 4.05. The van der Waals surface area contributed by atoms with Crippen LogP contribution in [-0.4, -0.2) is 31.1 Å². The molecule has 3 rings (SSSR count). The Morgan fingerprint density at radius 2 is 2.00 bits per heavy atom. The first kappa shape index (κ1) is 17.9. The number of halogens is 1. The first-order chi connectivity index (χ1) is 12.3. The maximum atomic E-state index is 14.3. The number of esters is 1. The van der Waals surface area contributed by atoms with Gasteiger partial charge < -0.3 is 9.64 Å². The lowest BCUT2D eigenvalue weighted by atomic mass is 9.98. The second kappa shape index (κ2) is 6.78. The molecule has 26 heavy (non-hydrogen) atoms. The zero-order valence-electron chi connectivity index (χ0n) is 15.2. The first-order valence-electron chi connectivity index (χ1n) is 8.35. The molecule has 136 valence electrons. The van der Waals surface area contributed by atoms with Gasteiger partial charge in [0.1, 0.15) is 5.82 Å². The zero-order valence-corrected chi connectivity index (χ0v) is 15.2. The quantitative estimate of drug-likeness (QED) is 0.780. The van der Waals surface area contributed by atoms with Gasteiger partial charge in [-0.3, -0.25) is 4.90 Å². The van der Waals surface area contributed by atoms with Gasteiger partial charge in [0.2, 0.25) is 0 Å². The molecule has 1 aliphatic heterocycles. The molecule has 0 radical (unpaired) electrons. The van der Waals surface area contributed by atoms with Crippen molar-refractivity contribution in [3.05, 3.63) is 64.5 Å². The minimum absolute atomic E-state index is 0.0893. The van der Waals surface area contributed by atoms with Crippen LogP contribution in [0.25, 0.3) is 0 Å². The average Bonchev–Trinajstić information content (AvgIpc) is 2.64. The molecule has 1 heterocycles. The number of aryl methyl sites for hydroxylation is 1. The molecule has 0 saturated heterocycles. The summed E-state index contributed by atoms with van der Waals surface area (Å²) in [6.07, 6.45) is 0. The highest BCUT2D eigenvalue weighted by atomic mass is 19.1. The topological polar surface area (TPSA) is 49.9 Å². The molecule has 1 atom stereocenters. The van der Waals surface area contributed by atoms with Crippen LogP contribution >= 0.6 is 0 Å². The van der Waals surface area contributed by atoms with Crippen molar-refractivity contribution in [2.24, 2.45) is 0 Å². The van der Waals surface area contributed by atoms with Crippen molar-refractivity contribution < 1.29 is 18.7 Å². The lowest BCUT2D eigenvalue weighted by Crippen LogP contribution is -2.46. The molecule has 0 aliphatic carbocycles. The summed E-state index contributed by atoms with van der Waals surface area (Å²) in [5.41, 5.74) is 3.08. The second-order valence-corrected chi connectivity index (χ2v) is 6.46. The van der Waals surface area contributed by atoms with Gasteiger partial charge in [-0.05, 0) is 43.2 Å². The van der Waals surface area contributed by atoms with E-state index in [4.69, 9.17) is 4.74 Å². The van der Waals surface area contributed by atoms with Crippen molar-refractivity contribution in [3.63, 3.8) is 0 Å². The largest absolute Gasteiger partial charge is 0.465 e. The fraction of sp³-hybridized carbons (Fsp3) is 0.300. The highest BCUT2D eigenvalue weighted by Crippen LogP contribution is 2.37. The molecular weight excluding hydrogens is 335 g/mol. The van der Waals surface area contributed by atoms with Crippen molar-refractivity contribution >= 4 is 17.7 Å². The van der Waals surface area contributed by atoms with Crippen molar-refractivity contribution in [3.8, 4) is 0 Å².